The quantitative estimate of drug-likeness (QED) is 0.326. The summed E-state index contributed by atoms with van der Waals surface area (Å²) in [6.07, 6.45) is 2.31. The largest absolute Gasteiger partial charge is 0.318 e. The molecule has 0 saturated carbocycles. The normalized spacial score (nSPS) is 11.8. The average molecular weight is 404 g/mol. The second-order valence-corrected chi connectivity index (χ2v) is 8.77. The summed E-state index contributed by atoms with van der Waals surface area (Å²) in [5, 5.41) is 2.08. The molecule has 2 aromatic heterocycles. The van der Waals surface area contributed by atoms with Crippen LogP contribution in [0.3, 0.4) is 0 Å². The number of hydrogen-bond donors (Lipinski definition) is 0. The number of imidazole rings is 1. The second-order valence-electron chi connectivity index (χ2n) is 8.05. The Morgan fingerprint density at radius 3 is 2.31 bits per heavy atom. The highest BCUT2D eigenvalue weighted by Gasteiger charge is 2.16. The molecule has 0 amide bonds. The van der Waals surface area contributed by atoms with E-state index in [1.807, 2.05) is 5.51 Å². The fourth-order valence-corrected chi connectivity index (χ4v) is 4.56. The predicted molar refractivity (Wildman–Crippen MR) is 124 cm³/mol. The van der Waals surface area contributed by atoms with Gasteiger partial charge in [-0.15, -0.1) is 11.3 Å². The Bertz CT molecular complexity index is 1070. The molecule has 2 aromatic carbocycles. The van der Waals surface area contributed by atoms with Gasteiger partial charge in [-0.25, -0.2) is 9.97 Å². The van der Waals surface area contributed by atoms with E-state index < -0.39 is 0 Å². The van der Waals surface area contributed by atoms with Gasteiger partial charge in [0.2, 0.25) is 0 Å². The molecular formula is C25H29N3S. The van der Waals surface area contributed by atoms with Gasteiger partial charge in [-0.3, -0.25) is 0 Å². The Balaban J connectivity index is 1.79. The Hall–Kier alpha value is -2.46. The first kappa shape index (κ1) is 19.8. The van der Waals surface area contributed by atoms with E-state index in [1.54, 1.807) is 11.3 Å². The molecule has 0 fully saturated rings. The monoisotopic (exact) mass is 403 g/mol. The molecule has 0 aliphatic rings. The van der Waals surface area contributed by atoms with Gasteiger partial charge < -0.3 is 4.57 Å². The lowest BCUT2D eigenvalue weighted by molar-refractivity contribution is 0.642. The standard InChI is InChI=1S/C25H29N3S/c1-5-19(6-2)21-11-12-24-22(13-21)27-25(23-15-29-16-26-23)28(24)14-18-7-9-20(10-8-18)17(3)4/h7-13,15-17,19H,5-6,14H2,1-4H3. The summed E-state index contributed by atoms with van der Waals surface area (Å²) in [6, 6.07) is 15.8. The SMILES string of the molecule is CCC(CC)c1ccc2c(c1)nc(-c1cscn1)n2Cc1ccc(C(C)C)cc1. The van der Waals surface area contributed by atoms with Crippen LogP contribution in [-0.2, 0) is 6.54 Å². The van der Waals surface area contributed by atoms with Crippen LogP contribution < -0.4 is 0 Å². The minimum atomic E-state index is 0.548. The molecule has 0 N–H and O–H groups in total. The predicted octanol–water partition coefficient (Wildman–Crippen LogP) is 7.24. The van der Waals surface area contributed by atoms with Crippen molar-refractivity contribution in [2.75, 3.05) is 0 Å². The highest BCUT2D eigenvalue weighted by Crippen LogP contribution is 2.30. The van der Waals surface area contributed by atoms with E-state index in [9.17, 15) is 0 Å². The van der Waals surface area contributed by atoms with Gasteiger partial charge in [-0.05, 0) is 53.5 Å². The molecule has 4 aromatic rings. The van der Waals surface area contributed by atoms with Crippen molar-refractivity contribution in [3.05, 3.63) is 70.0 Å². The van der Waals surface area contributed by atoms with Crippen LogP contribution in [-0.4, -0.2) is 14.5 Å². The van der Waals surface area contributed by atoms with Crippen LogP contribution in [0.4, 0.5) is 0 Å². The molecule has 4 heteroatoms. The third-order valence-corrected chi connectivity index (χ3v) is 6.46. The molecule has 0 unspecified atom stereocenters. The molecule has 0 atom stereocenters. The van der Waals surface area contributed by atoms with E-state index in [0.717, 1.165) is 36.4 Å². The third kappa shape index (κ3) is 3.99. The van der Waals surface area contributed by atoms with Gasteiger partial charge >= 0.3 is 0 Å². The summed E-state index contributed by atoms with van der Waals surface area (Å²) in [4.78, 5) is 9.56. The van der Waals surface area contributed by atoms with E-state index in [1.165, 1.54) is 22.2 Å². The van der Waals surface area contributed by atoms with Crippen molar-refractivity contribution in [3.8, 4) is 11.5 Å². The lowest BCUT2D eigenvalue weighted by Gasteiger charge is -2.13. The Morgan fingerprint density at radius 2 is 1.69 bits per heavy atom. The van der Waals surface area contributed by atoms with E-state index in [-0.39, 0.29) is 0 Å². The number of thiazole rings is 1. The zero-order valence-electron chi connectivity index (χ0n) is 17.7. The number of nitrogens with zero attached hydrogens (tertiary/aromatic N) is 3. The molecule has 4 rings (SSSR count). The molecule has 3 nitrogen and oxygen atoms in total. The zero-order chi connectivity index (χ0) is 20.4. The molecule has 150 valence electrons. The summed E-state index contributed by atoms with van der Waals surface area (Å²) < 4.78 is 2.31. The van der Waals surface area contributed by atoms with E-state index >= 15 is 0 Å². The maximum atomic E-state index is 5.02. The minimum Gasteiger partial charge on any atom is -0.318 e. The minimum absolute atomic E-state index is 0.548. The highest BCUT2D eigenvalue weighted by atomic mass is 32.1. The van der Waals surface area contributed by atoms with E-state index in [4.69, 9.17) is 4.98 Å². The molecule has 29 heavy (non-hydrogen) atoms. The molecule has 2 heterocycles. The van der Waals surface area contributed by atoms with Crippen molar-refractivity contribution < 1.29 is 0 Å². The van der Waals surface area contributed by atoms with Crippen molar-refractivity contribution in [3.63, 3.8) is 0 Å². The van der Waals surface area contributed by atoms with Gasteiger partial charge in [-0.1, -0.05) is 58.0 Å². The second kappa shape index (κ2) is 8.50. The van der Waals surface area contributed by atoms with E-state index in [2.05, 4.69) is 85.1 Å². The summed E-state index contributed by atoms with van der Waals surface area (Å²) in [5.41, 5.74) is 9.12. The lowest BCUT2D eigenvalue weighted by atomic mass is 9.94. The summed E-state index contributed by atoms with van der Waals surface area (Å²) in [6.45, 7) is 9.79. The molecule has 0 saturated heterocycles. The molecule has 0 radical (unpaired) electrons. The molecule has 0 bridgehead atoms. The van der Waals surface area contributed by atoms with Crippen LogP contribution in [0.5, 0.6) is 0 Å². The first-order chi connectivity index (χ1) is 14.1. The highest BCUT2D eigenvalue weighted by molar-refractivity contribution is 7.07. The molecule has 0 aliphatic heterocycles. The average Bonchev–Trinajstić information content (AvgIpc) is 3.37. The van der Waals surface area contributed by atoms with Crippen molar-refractivity contribution in [2.24, 2.45) is 0 Å². The summed E-state index contributed by atoms with van der Waals surface area (Å²) >= 11 is 1.62. The number of rotatable bonds is 7. The number of benzene rings is 2. The summed E-state index contributed by atoms with van der Waals surface area (Å²) in [7, 11) is 0. The summed E-state index contributed by atoms with van der Waals surface area (Å²) in [5.74, 6) is 2.10. The maximum absolute atomic E-state index is 5.02. The smallest absolute Gasteiger partial charge is 0.160 e. The van der Waals surface area contributed by atoms with Gasteiger partial charge in [0.25, 0.3) is 0 Å². The number of hydrogen-bond acceptors (Lipinski definition) is 3. The Labute approximate surface area is 177 Å². The molecular weight excluding hydrogens is 374 g/mol. The van der Waals surface area contributed by atoms with E-state index in [0.29, 0.717) is 11.8 Å². The fourth-order valence-electron chi connectivity index (χ4n) is 4.03. The van der Waals surface area contributed by atoms with Crippen molar-refractivity contribution in [1.29, 1.82) is 0 Å². The van der Waals surface area contributed by atoms with Gasteiger partial charge in [-0.2, -0.15) is 0 Å². The maximum Gasteiger partial charge on any atom is 0.160 e. The fraction of sp³-hybridized carbons (Fsp3) is 0.360. The third-order valence-electron chi connectivity index (χ3n) is 5.88. The lowest BCUT2D eigenvalue weighted by Crippen LogP contribution is -2.03. The Morgan fingerprint density at radius 1 is 0.966 bits per heavy atom. The van der Waals surface area contributed by atoms with Gasteiger partial charge in [0.1, 0.15) is 5.69 Å². The Kier molecular flexibility index (Phi) is 5.81. The zero-order valence-corrected chi connectivity index (χ0v) is 18.5. The van der Waals surface area contributed by atoms with Crippen molar-refractivity contribution in [1.82, 2.24) is 14.5 Å². The van der Waals surface area contributed by atoms with Crippen LogP contribution in [0.2, 0.25) is 0 Å². The van der Waals surface area contributed by atoms with Crippen LogP contribution >= 0.6 is 11.3 Å². The van der Waals surface area contributed by atoms with Gasteiger partial charge in [0.05, 0.1) is 16.5 Å². The van der Waals surface area contributed by atoms with Crippen LogP contribution in [0.1, 0.15) is 69.1 Å². The molecule has 0 aliphatic carbocycles. The van der Waals surface area contributed by atoms with Crippen molar-refractivity contribution in [2.45, 2.75) is 58.9 Å². The first-order valence-electron chi connectivity index (χ1n) is 10.6. The van der Waals surface area contributed by atoms with Crippen LogP contribution in [0.25, 0.3) is 22.6 Å². The first-order valence-corrected chi connectivity index (χ1v) is 11.5. The van der Waals surface area contributed by atoms with Crippen LogP contribution in [0, 0.1) is 0 Å². The molecule has 0 spiro atoms. The van der Waals surface area contributed by atoms with Gasteiger partial charge in [0.15, 0.2) is 5.82 Å². The van der Waals surface area contributed by atoms with Crippen molar-refractivity contribution >= 4 is 22.4 Å². The number of aromatic nitrogens is 3. The van der Waals surface area contributed by atoms with Crippen LogP contribution in [0.15, 0.2) is 53.4 Å². The number of fused-ring (bicyclic) bond motifs is 1. The topological polar surface area (TPSA) is 30.7 Å². The van der Waals surface area contributed by atoms with Gasteiger partial charge in [0, 0.05) is 11.9 Å².